The molecule has 0 radical (unpaired) electrons. The van der Waals surface area contributed by atoms with Crippen LogP contribution in [0.15, 0.2) is 30.5 Å². The van der Waals surface area contributed by atoms with Crippen molar-refractivity contribution in [1.82, 2.24) is 15.6 Å². The number of fused-ring (bicyclic) bond motifs is 2. The third-order valence-corrected chi connectivity index (χ3v) is 8.51. The summed E-state index contributed by atoms with van der Waals surface area (Å²) in [5.41, 5.74) is 0.435. The summed E-state index contributed by atoms with van der Waals surface area (Å²) < 4.78 is 24.9. The minimum absolute atomic E-state index is 0.0279. The largest absolute Gasteiger partial charge is 0.490 e. The van der Waals surface area contributed by atoms with E-state index in [1.54, 1.807) is 18.3 Å². The third-order valence-electron chi connectivity index (χ3n) is 8.51. The normalized spacial score (nSPS) is 35.5. The van der Waals surface area contributed by atoms with Crippen molar-refractivity contribution in [1.29, 1.82) is 0 Å². The van der Waals surface area contributed by atoms with Crippen molar-refractivity contribution < 1.29 is 23.5 Å². The summed E-state index contributed by atoms with van der Waals surface area (Å²) >= 11 is 0. The van der Waals surface area contributed by atoms with Gasteiger partial charge in [0.15, 0.2) is 0 Å². The van der Waals surface area contributed by atoms with Crippen molar-refractivity contribution in [3.63, 3.8) is 0 Å². The number of ether oxygens (including phenoxy) is 2. The fourth-order valence-electron chi connectivity index (χ4n) is 7.12. The Bertz CT molecular complexity index is 1140. The predicted molar refractivity (Wildman–Crippen MR) is 122 cm³/mol. The van der Waals surface area contributed by atoms with Crippen molar-refractivity contribution in [3.8, 4) is 5.75 Å². The summed E-state index contributed by atoms with van der Waals surface area (Å²) in [5.74, 6) is 1.78. The highest BCUT2D eigenvalue weighted by Gasteiger charge is 2.70. The first kappa shape index (κ1) is 21.8. The molecular formula is C26H30FN3O4. The first-order valence-electron chi connectivity index (χ1n) is 12.1. The van der Waals surface area contributed by atoms with Crippen LogP contribution < -0.4 is 15.4 Å². The summed E-state index contributed by atoms with van der Waals surface area (Å²) in [6.45, 7) is 2.11. The van der Waals surface area contributed by atoms with Crippen LogP contribution in [0.5, 0.6) is 5.75 Å². The van der Waals surface area contributed by atoms with E-state index in [-0.39, 0.29) is 47.3 Å². The quantitative estimate of drug-likeness (QED) is 0.623. The van der Waals surface area contributed by atoms with Gasteiger partial charge in [-0.3, -0.25) is 14.6 Å². The Kier molecular flexibility index (Phi) is 4.89. The Morgan fingerprint density at radius 3 is 2.56 bits per heavy atom. The summed E-state index contributed by atoms with van der Waals surface area (Å²) in [6.07, 6.45) is 6.05. The van der Waals surface area contributed by atoms with Crippen LogP contribution in [0.4, 0.5) is 4.39 Å². The van der Waals surface area contributed by atoms with Gasteiger partial charge in [0.1, 0.15) is 18.2 Å². The van der Waals surface area contributed by atoms with Gasteiger partial charge in [-0.2, -0.15) is 0 Å². The van der Waals surface area contributed by atoms with Gasteiger partial charge in [0.2, 0.25) is 11.8 Å². The van der Waals surface area contributed by atoms with Crippen LogP contribution in [-0.4, -0.2) is 47.7 Å². The van der Waals surface area contributed by atoms with Gasteiger partial charge in [-0.1, -0.05) is 6.92 Å². The molecule has 5 fully saturated rings. The number of hydrogen-bond donors (Lipinski definition) is 2. The van der Waals surface area contributed by atoms with Gasteiger partial charge in [-0.15, -0.1) is 0 Å². The number of benzene rings is 1. The van der Waals surface area contributed by atoms with E-state index in [0.29, 0.717) is 28.9 Å². The van der Waals surface area contributed by atoms with Crippen LogP contribution in [0.25, 0.3) is 10.9 Å². The Hall–Kier alpha value is -2.74. The molecule has 180 valence electrons. The molecule has 7 nitrogen and oxygen atoms in total. The molecule has 5 aliphatic rings. The lowest BCUT2D eigenvalue weighted by molar-refractivity contribution is -0.153. The number of pyridine rings is 1. The Labute approximate surface area is 197 Å². The highest BCUT2D eigenvalue weighted by Crippen LogP contribution is 2.63. The minimum atomic E-state index is -0.300. The fraction of sp³-hybridized carbons (Fsp3) is 0.577. The second-order valence-electron chi connectivity index (χ2n) is 10.9. The van der Waals surface area contributed by atoms with Gasteiger partial charge in [0.05, 0.1) is 11.6 Å². The molecular weight excluding hydrogens is 437 g/mol. The number of nitrogens with one attached hydrogen (secondary N) is 2. The number of carbonyl (C=O) groups is 2. The summed E-state index contributed by atoms with van der Waals surface area (Å²) in [5, 5.41) is 7.02. The van der Waals surface area contributed by atoms with E-state index in [9.17, 15) is 14.0 Å². The highest BCUT2D eigenvalue weighted by molar-refractivity contribution is 5.85. The van der Waals surface area contributed by atoms with Gasteiger partial charge in [0, 0.05) is 35.7 Å². The van der Waals surface area contributed by atoms with Crippen molar-refractivity contribution in [3.05, 3.63) is 36.3 Å². The van der Waals surface area contributed by atoms with E-state index in [1.165, 1.54) is 19.2 Å². The number of rotatable bonds is 8. The molecule has 5 aliphatic carbocycles. The predicted octanol–water partition coefficient (Wildman–Crippen LogP) is 2.97. The number of methoxy groups -OCH3 is 1. The molecule has 1 aromatic heterocycles. The maximum Gasteiger partial charge on any atom is 0.246 e. The zero-order valence-corrected chi connectivity index (χ0v) is 19.5. The summed E-state index contributed by atoms with van der Waals surface area (Å²) in [4.78, 5) is 29.1. The Balaban J connectivity index is 0.997. The second-order valence-corrected chi connectivity index (χ2v) is 10.9. The molecule has 1 heterocycles. The second kappa shape index (κ2) is 7.63. The highest BCUT2D eigenvalue weighted by atomic mass is 19.1. The Morgan fingerprint density at radius 2 is 1.85 bits per heavy atom. The number of carbonyl (C=O) groups excluding carboxylic acids is 2. The standard InChI is InChI=1S/C26H30FN3O4/c1-14(24(32)30-26-11-25(12-26,13-26)29-22(31)10-33-2)23-17-8-16(9-18(17)23)34-21-5-6-28-20-4-3-15(27)7-19(20)21/h3-7,14,16-18,23H,8-13H2,1-2H3,(H,29,31)(H,30,32)/t14?,16-,17+,18-,23-,25?,26?. The van der Waals surface area contributed by atoms with Crippen molar-refractivity contribution in [2.75, 3.05) is 13.7 Å². The van der Waals surface area contributed by atoms with Crippen LogP contribution in [0.3, 0.4) is 0 Å². The smallest absolute Gasteiger partial charge is 0.246 e. The van der Waals surface area contributed by atoms with Gasteiger partial charge in [-0.25, -0.2) is 4.39 Å². The lowest BCUT2D eigenvalue weighted by Gasteiger charge is -2.70. The average molecular weight is 468 g/mol. The molecule has 34 heavy (non-hydrogen) atoms. The first-order chi connectivity index (χ1) is 16.3. The third kappa shape index (κ3) is 3.54. The molecule has 5 atom stereocenters. The number of hydrogen-bond acceptors (Lipinski definition) is 5. The number of amides is 2. The van der Waals surface area contributed by atoms with E-state index in [0.717, 1.165) is 37.6 Å². The van der Waals surface area contributed by atoms with E-state index in [1.807, 2.05) is 6.92 Å². The van der Waals surface area contributed by atoms with Crippen LogP contribution in [-0.2, 0) is 14.3 Å². The van der Waals surface area contributed by atoms with Gasteiger partial charge in [0.25, 0.3) is 0 Å². The molecule has 0 saturated heterocycles. The van der Waals surface area contributed by atoms with Crippen LogP contribution >= 0.6 is 0 Å². The summed E-state index contributed by atoms with van der Waals surface area (Å²) in [6, 6.07) is 6.35. The van der Waals surface area contributed by atoms with Crippen molar-refractivity contribution in [2.24, 2.45) is 23.7 Å². The Morgan fingerprint density at radius 1 is 1.15 bits per heavy atom. The molecule has 0 spiro atoms. The van der Waals surface area contributed by atoms with Crippen LogP contribution in [0.1, 0.15) is 39.0 Å². The number of nitrogens with zero attached hydrogens (tertiary/aromatic N) is 1. The maximum absolute atomic E-state index is 13.7. The van der Waals surface area contributed by atoms with Crippen LogP contribution in [0.2, 0.25) is 0 Å². The van der Waals surface area contributed by atoms with E-state index in [4.69, 9.17) is 9.47 Å². The molecule has 1 aromatic carbocycles. The number of halogens is 1. The number of aromatic nitrogens is 1. The molecule has 2 amide bonds. The van der Waals surface area contributed by atoms with E-state index in [2.05, 4.69) is 15.6 Å². The molecule has 5 saturated carbocycles. The summed E-state index contributed by atoms with van der Waals surface area (Å²) in [7, 11) is 1.51. The molecule has 2 N–H and O–H groups in total. The monoisotopic (exact) mass is 467 g/mol. The molecule has 7 rings (SSSR count). The molecule has 1 unspecified atom stereocenters. The zero-order valence-electron chi connectivity index (χ0n) is 19.5. The minimum Gasteiger partial charge on any atom is -0.490 e. The average Bonchev–Trinajstić information content (AvgIpc) is 3.25. The van der Waals surface area contributed by atoms with Crippen molar-refractivity contribution in [2.45, 2.75) is 56.2 Å². The van der Waals surface area contributed by atoms with Crippen molar-refractivity contribution >= 4 is 22.7 Å². The zero-order chi connectivity index (χ0) is 23.7. The van der Waals surface area contributed by atoms with E-state index < -0.39 is 0 Å². The SMILES string of the molecule is COCC(=O)NC12CC(NC(=O)C(C)[C@H]3[C@@H]4C[C@H](Oc5ccnc6ccc(F)cc56)C[C@@H]43)(C1)C2. The lowest BCUT2D eigenvalue weighted by atomic mass is 9.44. The van der Waals surface area contributed by atoms with E-state index >= 15 is 0 Å². The molecule has 0 aliphatic heterocycles. The fourth-order valence-corrected chi connectivity index (χ4v) is 7.12. The van der Waals surface area contributed by atoms with Gasteiger partial charge < -0.3 is 20.1 Å². The maximum atomic E-state index is 13.7. The lowest BCUT2D eigenvalue weighted by Crippen LogP contribution is -2.84. The van der Waals surface area contributed by atoms with Crippen LogP contribution in [0, 0.1) is 29.5 Å². The first-order valence-corrected chi connectivity index (χ1v) is 12.1. The molecule has 2 aromatic rings. The topological polar surface area (TPSA) is 89.6 Å². The van der Waals surface area contributed by atoms with Gasteiger partial charge in [-0.05, 0) is 74.1 Å². The molecule has 8 heteroatoms. The van der Waals surface area contributed by atoms with Gasteiger partial charge >= 0.3 is 0 Å². The molecule has 2 bridgehead atoms.